The van der Waals surface area contributed by atoms with Crippen LogP contribution in [0.5, 0.6) is 0 Å². The lowest BCUT2D eigenvalue weighted by atomic mass is 10.1. The molecule has 152 valence electrons. The number of carbonyl (C=O) groups is 1. The van der Waals surface area contributed by atoms with E-state index in [-0.39, 0.29) is 23.9 Å². The monoisotopic (exact) mass is 432 g/mol. The van der Waals surface area contributed by atoms with Crippen molar-refractivity contribution in [2.75, 3.05) is 26.2 Å². The van der Waals surface area contributed by atoms with Gasteiger partial charge in [-0.3, -0.25) is 9.48 Å². The average molecular weight is 433 g/mol. The van der Waals surface area contributed by atoms with E-state index in [1.807, 2.05) is 4.68 Å². The summed E-state index contributed by atoms with van der Waals surface area (Å²) in [4.78, 5) is 14.9. The fourth-order valence-corrected chi connectivity index (χ4v) is 6.20. The van der Waals surface area contributed by atoms with Crippen molar-refractivity contribution in [3.8, 4) is 0 Å². The maximum absolute atomic E-state index is 13.1. The SMILES string of the molecule is O=C(c1cnn2c1CCCC2)N1CCN(S(=O)(=O)c2cccc3nsnc23)CC1. The Morgan fingerprint density at radius 2 is 1.86 bits per heavy atom. The van der Waals surface area contributed by atoms with Gasteiger partial charge in [0.15, 0.2) is 0 Å². The number of carbonyl (C=O) groups excluding carboxylic acids is 1. The minimum Gasteiger partial charge on any atom is -0.336 e. The molecule has 1 saturated heterocycles. The Kier molecular flexibility index (Phi) is 4.60. The van der Waals surface area contributed by atoms with Crippen molar-refractivity contribution in [1.82, 2.24) is 27.7 Å². The smallest absolute Gasteiger partial charge is 0.257 e. The van der Waals surface area contributed by atoms with Crippen LogP contribution in [0, 0.1) is 0 Å². The summed E-state index contributed by atoms with van der Waals surface area (Å²) in [5.41, 5.74) is 2.64. The molecule has 0 bridgehead atoms. The number of fused-ring (bicyclic) bond motifs is 2. The number of nitrogens with zero attached hydrogens (tertiary/aromatic N) is 6. The summed E-state index contributed by atoms with van der Waals surface area (Å²) in [5, 5.41) is 4.34. The second-order valence-corrected chi connectivity index (χ2v) is 9.70. The number of aryl methyl sites for hydroxylation is 1. The Bertz CT molecular complexity index is 1180. The van der Waals surface area contributed by atoms with Crippen LogP contribution in [0.25, 0.3) is 11.0 Å². The van der Waals surface area contributed by atoms with Gasteiger partial charge >= 0.3 is 0 Å². The molecule has 0 spiro atoms. The Labute approximate surface area is 172 Å². The number of amides is 1. The summed E-state index contributed by atoms with van der Waals surface area (Å²) in [7, 11) is -3.69. The van der Waals surface area contributed by atoms with Gasteiger partial charge in [0, 0.05) is 32.7 Å². The molecule has 4 heterocycles. The zero-order valence-corrected chi connectivity index (χ0v) is 17.3. The van der Waals surface area contributed by atoms with Crippen molar-refractivity contribution in [1.29, 1.82) is 0 Å². The van der Waals surface area contributed by atoms with Gasteiger partial charge in [0.25, 0.3) is 5.91 Å². The highest BCUT2D eigenvalue weighted by molar-refractivity contribution is 7.89. The molecule has 11 heteroatoms. The molecule has 29 heavy (non-hydrogen) atoms. The van der Waals surface area contributed by atoms with E-state index in [1.165, 1.54) is 4.31 Å². The van der Waals surface area contributed by atoms with E-state index in [9.17, 15) is 13.2 Å². The van der Waals surface area contributed by atoms with Crippen molar-refractivity contribution in [2.45, 2.75) is 30.7 Å². The Hall–Kier alpha value is -2.37. The highest BCUT2D eigenvalue weighted by Gasteiger charge is 2.33. The minimum atomic E-state index is -3.69. The van der Waals surface area contributed by atoms with Crippen LogP contribution in [-0.2, 0) is 23.0 Å². The number of hydrogen-bond acceptors (Lipinski definition) is 7. The molecule has 0 atom stereocenters. The Morgan fingerprint density at radius 1 is 1.03 bits per heavy atom. The van der Waals surface area contributed by atoms with Crippen LogP contribution < -0.4 is 0 Å². The molecular formula is C18H20N6O3S2. The van der Waals surface area contributed by atoms with Gasteiger partial charge in [0.2, 0.25) is 10.0 Å². The number of piperazine rings is 1. The molecule has 1 aromatic carbocycles. The lowest BCUT2D eigenvalue weighted by molar-refractivity contribution is 0.0696. The topological polar surface area (TPSA) is 101 Å². The van der Waals surface area contributed by atoms with Gasteiger partial charge in [-0.25, -0.2) is 8.42 Å². The summed E-state index contributed by atoms with van der Waals surface area (Å²) in [6.07, 6.45) is 4.66. The zero-order valence-electron chi connectivity index (χ0n) is 15.7. The first-order valence-electron chi connectivity index (χ1n) is 9.61. The predicted molar refractivity (Wildman–Crippen MR) is 107 cm³/mol. The van der Waals surface area contributed by atoms with Gasteiger partial charge in [0.1, 0.15) is 15.9 Å². The molecule has 0 aliphatic carbocycles. The van der Waals surface area contributed by atoms with Gasteiger partial charge in [-0.05, 0) is 31.4 Å². The highest BCUT2D eigenvalue weighted by atomic mass is 32.2. The second kappa shape index (κ2) is 7.15. The van der Waals surface area contributed by atoms with Crippen molar-refractivity contribution in [2.24, 2.45) is 0 Å². The van der Waals surface area contributed by atoms with Crippen molar-refractivity contribution in [3.63, 3.8) is 0 Å². The molecule has 1 fully saturated rings. The summed E-state index contributed by atoms with van der Waals surface area (Å²) < 4.78 is 37.9. The zero-order chi connectivity index (χ0) is 20.0. The van der Waals surface area contributed by atoms with E-state index in [2.05, 4.69) is 13.8 Å². The third kappa shape index (κ3) is 3.13. The average Bonchev–Trinajstić information content (AvgIpc) is 3.40. The first-order valence-corrected chi connectivity index (χ1v) is 11.8. The standard InChI is InChI=1S/C18H20N6O3S2/c25-18(13-12-19-24-7-2-1-5-15(13)24)22-8-10-23(11-9-22)29(26,27)16-6-3-4-14-17(16)21-28-20-14/h3-4,6,12H,1-2,5,7-11H2. The molecule has 0 saturated carbocycles. The van der Waals surface area contributed by atoms with Crippen LogP contribution in [0.1, 0.15) is 28.9 Å². The molecule has 3 aromatic rings. The molecule has 0 radical (unpaired) electrons. The maximum atomic E-state index is 13.1. The van der Waals surface area contributed by atoms with E-state index in [4.69, 9.17) is 0 Å². The lowest BCUT2D eigenvalue weighted by Gasteiger charge is -2.34. The van der Waals surface area contributed by atoms with Gasteiger partial charge in [0.05, 0.1) is 29.2 Å². The maximum Gasteiger partial charge on any atom is 0.257 e. The molecule has 2 aliphatic heterocycles. The number of rotatable bonds is 3. The molecular weight excluding hydrogens is 412 g/mol. The fourth-order valence-electron chi connectivity index (χ4n) is 4.03. The van der Waals surface area contributed by atoms with E-state index in [0.29, 0.717) is 29.7 Å². The molecule has 5 rings (SSSR count). The van der Waals surface area contributed by atoms with Crippen LogP contribution in [0.3, 0.4) is 0 Å². The Balaban J connectivity index is 1.33. The van der Waals surface area contributed by atoms with Crippen molar-refractivity contribution >= 4 is 38.7 Å². The lowest BCUT2D eigenvalue weighted by Crippen LogP contribution is -2.50. The molecule has 2 aliphatic rings. The van der Waals surface area contributed by atoms with Gasteiger partial charge in [-0.2, -0.15) is 18.2 Å². The van der Waals surface area contributed by atoms with E-state index in [1.54, 1.807) is 29.3 Å². The normalized spacial score (nSPS) is 18.1. The quantitative estimate of drug-likeness (QED) is 0.620. The van der Waals surface area contributed by atoms with Gasteiger partial charge in [-0.15, -0.1) is 0 Å². The fraction of sp³-hybridized carbons (Fsp3) is 0.444. The predicted octanol–water partition coefficient (Wildman–Crippen LogP) is 1.37. The van der Waals surface area contributed by atoms with E-state index < -0.39 is 10.0 Å². The summed E-state index contributed by atoms with van der Waals surface area (Å²) in [6, 6.07) is 5.00. The third-order valence-electron chi connectivity index (χ3n) is 5.61. The molecule has 0 N–H and O–H groups in total. The molecule has 0 unspecified atom stereocenters. The molecule has 9 nitrogen and oxygen atoms in total. The first-order chi connectivity index (χ1) is 14.1. The van der Waals surface area contributed by atoms with Crippen molar-refractivity contribution < 1.29 is 13.2 Å². The summed E-state index contributed by atoms with van der Waals surface area (Å²) in [6.45, 7) is 2.07. The van der Waals surface area contributed by atoms with Crippen LogP contribution in [-0.4, -0.2) is 68.2 Å². The van der Waals surface area contributed by atoms with Gasteiger partial charge < -0.3 is 4.90 Å². The summed E-state index contributed by atoms with van der Waals surface area (Å²) in [5.74, 6) is -0.0593. The second-order valence-electron chi connectivity index (χ2n) is 7.27. The Morgan fingerprint density at radius 3 is 2.69 bits per heavy atom. The van der Waals surface area contributed by atoms with Crippen LogP contribution >= 0.6 is 11.7 Å². The first kappa shape index (κ1) is 18.6. The van der Waals surface area contributed by atoms with Crippen LogP contribution in [0.2, 0.25) is 0 Å². The number of benzene rings is 1. The minimum absolute atomic E-state index is 0.0593. The molecule has 2 aromatic heterocycles. The largest absolute Gasteiger partial charge is 0.336 e. The van der Waals surface area contributed by atoms with Crippen LogP contribution in [0.15, 0.2) is 29.3 Å². The number of aromatic nitrogens is 4. The molecule has 1 amide bonds. The van der Waals surface area contributed by atoms with Crippen molar-refractivity contribution in [3.05, 3.63) is 35.7 Å². The van der Waals surface area contributed by atoms with Gasteiger partial charge in [-0.1, -0.05) is 6.07 Å². The highest BCUT2D eigenvalue weighted by Crippen LogP contribution is 2.26. The number of sulfonamides is 1. The number of hydrogen-bond donors (Lipinski definition) is 0. The summed E-state index contributed by atoms with van der Waals surface area (Å²) >= 11 is 1.000. The van der Waals surface area contributed by atoms with E-state index in [0.717, 1.165) is 43.2 Å². The van der Waals surface area contributed by atoms with Crippen LogP contribution in [0.4, 0.5) is 0 Å². The third-order valence-corrected chi connectivity index (χ3v) is 8.08. The van der Waals surface area contributed by atoms with E-state index >= 15 is 0 Å².